The van der Waals surface area contributed by atoms with Gasteiger partial charge < -0.3 is 4.90 Å². The van der Waals surface area contributed by atoms with E-state index in [1.807, 2.05) is 0 Å². The van der Waals surface area contributed by atoms with E-state index < -0.39 is 0 Å². The van der Waals surface area contributed by atoms with E-state index in [0.717, 1.165) is 17.3 Å². The van der Waals surface area contributed by atoms with Gasteiger partial charge >= 0.3 is 0 Å². The highest BCUT2D eigenvalue weighted by Gasteiger charge is 2.21. The third-order valence-corrected chi connectivity index (χ3v) is 5.09. The Bertz CT molecular complexity index is 593. The fourth-order valence-electron chi connectivity index (χ4n) is 2.94. The molecule has 6 heteroatoms. The SMILES string of the molecule is CN(Cc1cccs1)c1n[nH]c(=S)n1C1CCCCC1. The van der Waals surface area contributed by atoms with Gasteiger partial charge in [-0.2, -0.15) is 0 Å². The molecule has 2 aromatic heterocycles. The summed E-state index contributed by atoms with van der Waals surface area (Å²) in [4.78, 5) is 3.53. The molecule has 20 heavy (non-hydrogen) atoms. The van der Waals surface area contributed by atoms with Crippen LogP contribution in [0.2, 0.25) is 0 Å². The van der Waals surface area contributed by atoms with Crippen molar-refractivity contribution in [3.05, 3.63) is 27.2 Å². The van der Waals surface area contributed by atoms with Crippen molar-refractivity contribution >= 4 is 29.5 Å². The maximum atomic E-state index is 5.44. The molecule has 0 atom stereocenters. The number of aromatic amines is 1. The second-order valence-electron chi connectivity index (χ2n) is 5.43. The molecule has 108 valence electrons. The lowest BCUT2D eigenvalue weighted by Gasteiger charge is -2.26. The fraction of sp³-hybridized carbons (Fsp3) is 0.571. The Morgan fingerprint density at radius 2 is 2.25 bits per heavy atom. The van der Waals surface area contributed by atoms with Crippen LogP contribution in [0.4, 0.5) is 5.95 Å². The molecule has 1 aliphatic carbocycles. The average molecular weight is 308 g/mol. The zero-order valence-electron chi connectivity index (χ0n) is 11.7. The fourth-order valence-corrected chi connectivity index (χ4v) is 3.97. The Morgan fingerprint density at radius 3 is 2.95 bits per heavy atom. The molecule has 0 saturated heterocycles. The first-order valence-corrected chi connectivity index (χ1v) is 8.45. The Balaban J connectivity index is 1.84. The number of H-pyrrole nitrogens is 1. The maximum Gasteiger partial charge on any atom is 0.226 e. The van der Waals surface area contributed by atoms with Crippen LogP contribution >= 0.6 is 23.6 Å². The number of aromatic nitrogens is 3. The first kappa shape index (κ1) is 13.8. The summed E-state index contributed by atoms with van der Waals surface area (Å²) in [5.41, 5.74) is 0. The van der Waals surface area contributed by atoms with Gasteiger partial charge in [0, 0.05) is 18.0 Å². The van der Waals surface area contributed by atoms with Crippen molar-refractivity contribution in [1.29, 1.82) is 0 Å². The van der Waals surface area contributed by atoms with Gasteiger partial charge in [0.25, 0.3) is 0 Å². The van der Waals surface area contributed by atoms with Crippen molar-refractivity contribution in [2.45, 2.75) is 44.7 Å². The van der Waals surface area contributed by atoms with Gasteiger partial charge in [0.15, 0.2) is 4.77 Å². The van der Waals surface area contributed by atoms with E-state index in [1.165, 1.54) is 37.0 Å². The Hall–Kier alpha value is -1.14. The quantitative estimate of drug-likeness (QED) is 0.862. The topological polar surface area (TPSA) is 36.9 Å². The van der Waals surface area contributed by atoms with Crippen LogP contribution in [0.1, 0.15) is 43.0 Å². The minimum Gasteiger partial charge on any atom is -0.339 e. The summed E-state index contributed by atoms with van der Waals surface area (Å²) in [7, 11) is 2.09. The Kier molecular flexibility index (Phi) is 4.21. The van der Waals surface area contributed by atoms with Crippen molar-refractivity contribution in [3.63, 3.8) is 0 Å². The molecule has 1 N–H and O–H groups in total. The lowest BCUT2D eigenvalue weighted by Crippen LogP contribution is -2.23. The summed E-state index contributed by atoms with van der Waals surface area (Å²) in [5.74, 6) is 0.968. The minimum absolute atomic E-state index is 0.510. The first-order valence-electron chi connectivity index (χ1n) is 7.16. The minimum atomic E-state index is 0.510. The molecule has 4 nitrogen and oxygen atoms in total. The van der Waals surface area contributed by atoms with Crippen molar-refractivity contribution in [1.82, 2.24) is 14.8 Å². The van der Waals surface area contributed by atoms with Crippen LogP contribution < -0.4 is 4.90 Å². The highest BCUT2D eigenvalue weighted by Crippen LogP contribution is 2.31. The molecule has 1 saturated carbocycles. The highest BCUT2D eigenvalue weighted by molar-refractivity contribution is 7.71. The molecule has 0 aromatic carbocycles. The summed E-state index contributed by atoms with van der Waals surface area (Å²) in [5, 5.41) is 9.53. The summed E-state index contributed by atoms with van der Waals surface area (Å²) in [6.45, 7) is 0.879. The lowest BCUT2D eigenvalue weighted by atomic mass is 9.95. The summed E-state index contributed by atoms with van der Waals surface area (Å²) in [6, 6.07) is 4.76. The smallest absolute Gasteiger partial charge is 0.226 e. The molecule has 0 bridgehead atoms. The molecule has 0 spiro atoms. The third-order valence-electron chi connectivity index (χ3n) is 3.94. The molecular formula is C14H20N4S2. The number of hydrogen-bond donors (Lipinski definition) is 1. The van der Waals surface area contributed by atoms with E-state index >= 15 is 0 Å². The summed E-state index contributed by atoms with van der Waals surface area (Å²) >= 11 is 7.22. The molecule has 2 heterocycles. The van der Waals surface area contributed by atoms with Crippen LogP contribution in [0.5, 0.6) is 0 Å². The van der Waals surface area contributed by atoms with Crippen LogP contribution in [0.3, 0.4) is 0 Å². The van der Waals surface area contributed by atoms with Crippen LogP contribution in [-0.2, 0) is 6.54 Å². The van der Waals surface area contributed by atoms with Crippen LogP contribution in [0.25, 0.3) is 0 Å². The van der Waals surface area contributed by atoms with Gasteiger partial charge in [0.1, 0.15) is 0 Å². The van der Waals surface area contributed by atoms with E-state index in [4.69, 9.17) is 12.2 Å². The standard InChI is InChI=1S/C14H20N4S2/c1-17(10-12-8-5-9-20-12)13-15-16-14(19)18(13)11-6-3-2-4-7-11/h5,8-9,11H,2-4,6-7,10H2,1H3,(H,16,19). The van der Waals surface area contributed by atoms with Crippen LogP contribution in [-0.4, -0.2) is 21.8 Å². The van der Waals surface area contributed by atoms with Gasteiger partial charge in [0.2, 0.25) is 5.95 Å². The van der Waals surface area contributed by atoms with Crippen molar-refractivity contribution in [3.8, 4) is 0 Å². The molecule has 0 unspecified atom stereocenters. The predicted molar refractivity (Wildman–Crippen MR) is 86.0 cm³/mol. The molecule has 3 rings (SSSR count). The molecule has 1 fully saturated rings. The molecule has 0 amide bonds. The van der Waals surface area contributed by atoms with Gasteiger partial charge in [-0.3, -0.25) is 4.57 Å². The van der Waals surface area contributed by atoms with Crippen molar-refractivity contribution < 1.29 is 0 Å². The number of rotatable bonds is 4. The number of nitrogens with one attached hydrogen (secondary N) is 1. The number of anilines is 1. The van der Waals surface area contributed by atoms with Crippen molar-refractivity contribution in [2.24, 2.45) is 0 Å². The van der Waals surface area contributed by atoms with Gasteiger partial charge in [-0.1, -0.05) is 25.3 Å². The van der Waals surface area contributed by atoms with Gasteiger partial charge in [-0.05, 0) is 36.5 Å². The van der Waals surface area contributed by atoms with E-state index in [-0.39, 0.29) is 0 Å². The lowest BCUT2D eigenvalue weighted by molar-refractivity contribution is 0.350. The van der Waals surface area contributed by atoms with Gasteiger partial charge in [-0.15, -0.1) is 16.4 Å². The molecule has 0 aliphatic heterocycles. The van der Waals surface area contributed by atoms with Gasteiger partial charge in [-0.25, -0.2) is 5.10 Å². The van der Waals surface area contributed by atoms with Crippen LogP contribution in [0, 0.1) is 4.77 Å². The van der Waals surface area contributed by atoms with E-state index in [1.54, 1.807) is 11.3 Å². The van der Waals surface area contributed by atoms with E-state index in [2.05, 4.69) is 44.2 Å². The Morgan fingerprint density at radius 1 is 1.45 bits per heavy atom. The molecule has 2 aromatic rings. The summed E-state index contributed by atoms with van der Waals surface area (Å²) in [6.07, 6.45) is 6.38. The largest absolute Gasteiger partial charge is 0.339 e. The number of nitrogens with zero attached hydrogens (tertiary/aromatic N) is 3. The number of thiophene rings is 1. The first-order chi connectivity index (χ1) is 9.75. The molecule has 0 radical (unpaired) electrons. The molecule has 1 aliphatic rings. The van der Waals surface area contributed by atoms with Crippen LogP contribution in [0.15, 0.2) is 17.5 Å². The second kappa shape index (κ2) is 6.10. The normalized spacial score (nSPS) is 16.4. The van der Waals surface area contributed by atoms with Gasteiger partial charge in [0.05, 0.1) is 6.54 Å². The highest BCUT2D eigenvalue weighted by atomic mass is 32.1. The molecular weight excluding hydrogens is 288 g/mol. The third kappa shape index (κ3) is 2.81. The van der Waals surface area contributed by atoms with E-state index in [0.29, 0.717) is 6.04 Å². The van der Waals surface area contributed by atoms with E-state index in [9.17, 15) is 0 Å². The predicted octanol–water partition coefficient (Wildman–Crippen LogP) is 4.14. The monoisotopic (exact) mass is 308 g/mol. The average Bonchev–Trinajstić information content (AvgIpc) is 3.09. The number of hydrogen-bond acceptors (Lipinski definition) is 4. The summed E-state index contributed by atoms with van der Waals surface area (Å²) < 4.78 is 2.98. The second-order valence-corrected chi connectivity index (χ2v) is 6.84. The van der Waals surface area contributed by atoms with Crippen molar-refractivity contribution in [2.75, 3.05) is 11.9 Å². The zero-order chi connectivity index (χ0) is 13.9. The zero-order valence-corrected chi connectivity index (χ0v) is 13.3. The maximum absolute atomic E-state index is 5.44. The Labute approximate surface area is 128 Å².